The Morgan fingerprint density at radius 1 is 0.650 bits per heavy atom. The molecule has 1 aromatic rings. The molecule has 0 radical (unpaired) electrons. The fraction of sp³-hybridized carbons (Fsp3) is 0.429. The number of carbonyl (C=O) groups is 2. The Morgan fingerprint density at radius 3 is 1.25 bits per heavy atom. The molecular weight excluding hydrogens is 520 g/mol. The third-order valence-corrected chi connectivity index (χ3v) is 8.15. The minimum absolute atomic E-state index is 0.0950. The second-order valence-corrected chi connectivity index (χ2v) is 9.04. The van der Waals surface area contributed by atoms with Crippen LogP contribution < -0.4 is 0 Å². The van der Waals surface area contributed by atoms with Gasteiger partial charge in [0.2, 0.25) is 0 Å². The topological polar surface area (TPSA) is 34.1 Å². The third kappa shape index (κ3) is 2.13. The first-order chi connectivity index (χ1) is 9.45. The zero-order chi connectivity index (χ0) is 14.6. The first-order valence-corrected chi connectivity index (χ1v) is 9.84. The molecule has 6 atom stereocenters. The molecule has 0 spiro atoms. The molecule has 0 saturated heterocycles. The second kappa shape index (κ2) is 5.60. The van der Waals surface area contributed by atoms with Crippen LogP contribution in [0, 0.1) is 0 Å². The van der Waals surface area contributed by atoms with E-state index in [2.05, 4.69) is 63.7 Å². The molecule has 3 rings (SSSR count). The monoisotopic (exact) mass is 526 g/mol. The largest absolute Gasteiger partial charge is 0.297 e. The van der Waals surface area contributed by atoms with Crippen LogP contribution in [0.4, 0.5) is 0 Å². The van der Waals surface area contributed by atoms with Crippen molar-refractivity contribution in [1.82, 2.24) is 0 Å². The van der Waals surface area contributed by atoms with Crippen molar-refractivity contribution in [2.45, 2.75) is 31.1 Å². The van der Waals surface area contributed by atoms with E-state index in [4.69, 9.17) is 0 Å². The molecule has 0 N–H and O–H groups in total. The van der Waals surface area contributed by atoms with Gasteiger partial charge in [0, 0.05) is 11.8 Å². The van der Waals surface area contributed by atoms with E-state index in [9.17, 15) is 9.59 Å². The van der Waals surface area contributed by atoms with E-state index < -0.39 is 0 Å². The van der Waals surface area contributed by atoms with Crippen molar-refractivity contribution in [3.05, 3.63) is 35.4 Å². The molecule has 2 aliphatic rings. The van der Waals surface area contributed by atoms with Gasteiger partial charge in [0.05, 0.1) is 19.3 Å². The maximum atomic E-state index is 12.6. The van der Waals surface area contributed by atoms with Crippen molar-refractivity contribution in [2.75, 3.05) is 0 Å². The Bertz CT molecular complexity index is 513. The molecule has 0 heterocycles. The minimum atomic E-state index is -0.369. The Labute approximate surface area is 150 Å². The summed E-state index contributed by atoms with van der Waals surface area (Å²) in [6, 6.07) is 7.96. The maximum Gasteiger partial charge on any atom is 0.161 e. The number of ketones is 2. The average molecular weight is 530 g/mol. The number of carbonyl (C=O) groups excluding carboxylic acids is 2. The first-order valence-electron chi connectivity index (χ1n) is 6.17. The molecular formula is C14H10Br4O2. The van der Waals surface area contributed by atoms with Crippen LogP contribution in [-0.4, -0.2) is 30.9 Å². The Morgan fingerprint density at radius 2 is 0.950 bits per heavy atom. The molecule has 0 amide bonds. The van der Waals surface area contributed by atoms with Crippen LogP contribution in [0.2, 0.25) is 0 Å². The summed E-state index contributed by atoms with van der Waals surface area (Å²) in [5.41, 5.74) is 2.15. The molecule has 2 aliphatic carbocycles. The van der Waals surface area contributed by atoms with E-state index in [1.165, 1.54) is 0 Å². The zero-order valence-corrected chi connectivity index (χ0v) is 16.4. The summed E-state index contributed by atoms with van der Waals surface area (Å²) in [5.74, 6) is -0.173. The number of hydrogen-bond acceptors (Lipinski definition) is 2. The van der Waals surface area contributed by atoms with Gasteiger partial charge in [-0.2, -0.15) is 0 Å². The molecule has 106 valence electrons. The highest BCUT2D eigenvalue weighted by Gasteiger charge is 2.52. The number of alkyl halides is 4. The summed E-state index contributed by atoms with van der Waals surface area (Å²) in [6.07, 6.45) is 0. The quantitative estimate of drug-likeness (QED) is 0.475. The molecule has 0 fully saturated rings. The summed E-state index contributed by atoms with van der Waals surface area (Å²) in [7, 11) is 0. The minimum Gasteiger partial charge on any atom is -0.297 e. The summed E-state index contributed by atoms with van der Waals surface area (Å²) < 4.78 is 0. The third-order valence-electron chi connectivity index (χ3n) is 4.06. The van der Waals surface area contributed by atoms with Crippen LogP contribution in [0.5, 0.6) is 0 Å². The molecule has 2 unspecified atom stereocenters. The number of rotatable bonds is 0. The fourth-order valence-electron chi connectivity index (χ4n) is 3.06. The zero-order valence-electron chi connectivity index (χ0n) is 10.1. The SMILES string of the molecule is O=C1[C@@H](Br)C2c3ccccc3C([C@@H]1Br)[C@@H](Br)C(=O)[C@H]2Br. The van der Waals surface area contributed by atoms with E-state index >= 15 is 0 Å². The number of Topliss-reactive ketones (excluding diaryl/α,β-unsaturated/α-hetero) is 2. The lowest BCUT2D eigenvalue weighted by Crippen LogP contribution is -2.43. The molecule has 0 aliphatic heterocycles. The van der Waals surface area contributed by atoms with Crippen molar-refractivity contribution in [2.24, 2.45) is 0 Å². The van der Waals surface area contributed by atoms with Crippen LogP contribution in [0.3, 0.4) is 0 Å². The van der Waals surface area contributed by atoms with Gasteiger partial charge >= 0.3 is 0 Å². The van der Waals surface area contributed by atoms with Gasteiger partial charge in [0.1, 0.15) is 0 Å². The lowest BCUT2D eigenvalue weighted by atomic mass is 9.88. The predicted molar refractivity (Wildman–Crippen MR) is 92.8 cm³/mol. The summed E-state index contributed by atoms with van der Waals surface area (Å²) in [4.78, 5) is 23.7. The van der Waals surface area contributed by atoms with Crippen molar-refractivity contribution in [3.63, 3.8) is 0 Å². The predicted octanol–water partition coefficient (Wildman–Crippen LogP) is 4.07. The average Bonchev–Trinajstić information content (AvgIpc) is 2.58. The Hall–Kier alpha value is 0.480. The molecule has 2 bridgehead atoms. The van der Waals surface area contributed by atoms with Crippen molar-refractivity contribution in [1.29, 1.82) is 0 Å². The van der Waals surface area contributed by atoms with Crippen molar-refractivity contribution >= 4 is 75.3 Å². The van der Waals surface area contributed by atoms with E-state index in [0.29, 0.717) is 0 Å². The van der Waals surface area contributed by atoms with E-state index in [-0.39, 0.29) is 42.7 Å². The van der Waals surface area contributed by atoms with Gasteiger partial charge in [-0.15, -0.1) is 0 Å². The van der Waals surface area contributed by atoms with Gasteiger partial charge in [0.15, 0.2) is 11.6 Å². The van der Waals surface area contributed by atoms with Crippen LogP contribution in [0.1, 0.15) is 23.0 Å². The highest BCUT2D eigenvalue weighted by atomic mass is 79.9. The summed E-state index contributed by atoms with van der Waals surface area (Å²) in [6.45, 7) is 0. The van der Waals surface area contributed by atoms with Gasteiger partial charge in [-0.1, -0.05) is 88.0 Å². The van der Waals surface area contributed by atoms with Gasteiger partial charge in [-0.3, -0.25) is 9.59 Å². The lowest BCUT2D eigenvalue weighted by Gasteiger charge is -2.30. The van der Waals surface area contributed by atoms with E-state index in [0.717, 1.165) is 11.1 Å². The van der Waals surface area contributed by atoms with Gasteiger partial charge < -0.3 is 0 Å². The number of hydrogen-bond donors (Lipinski definition) is 0. The Kier molecular flexibility index (Phi) is 4.30. The van der Waals surface area contributed by atoms with Gasteiger partial charge in [0.25, 0.3) is 0 Å². The Balaban J connectivity index is 2.31. The first kappa shape index (κ1) is 15.4. The fourth-order valence-corrected chi connectivity index (χ4v) is 8.09. The highest BCUT2D eigenvalue weighted by molar-refractivity contribution is 9.11. The lowest BCUT2D eigenvalue weighted by molar-refractivity contribution is -0.121. The maximum absolute atomic E-state index is 12.6. The smallest absolute Gasteiger partial charge is 0.161 e. The summed E-state index contributed by atoms with van der Waals surface area (Å²) in [5, 5.41) is 0. The number of halogens is 4. The molecule has 20 heavy (non-hydrogen) atoms. The van der Waals surface area contributed by atoms with Crippen LogP contribution >= 0.6 is 63.7 Å². The number of benzene rings is 1. The second-order valence-electron chi connectivity index (χ2n) is 5.09. The molecule has 0 saturated carbocycles. The summed E-state index contributed by atoms with van der Waals surface area (Å²) >= 11 is 14.1. The van der Waals surface area contributed by atoms with Crippen LogP contribution in [0.25, 0.3) is 0 Å². The molecule has 2 nitrogen and oxygen atoms in total. The molecule has 1 aromatic carbocycles. The van der Waals surface area contributed by atoms with Crippen LogP contribution in [0.15, 0.2) is 24.3 Å². The standard InChI is InChI=1S/C14H10Br4O2/c15-9-7-5-3-1-2-4-6(5)8(11(17)13(9)19)12(18)14(20)10(7)16/h1-4,7-12H/t7?,8?,9-,10-,11-,12+/m0/s1. The van der Waals surface area contributed by atoms with E-state index in [1.54, 1.807) is 0 Å². The van der Waals surface area contributed by atoms with Crippen LogP contribution in [-0.2, 0) is 9.59 Å². The molecule has 0 aromatic heterocycles. The highest BCUT2D eigenvalue weighted by Crippen LogP contribution is 2.50. The van der Waals surface area contributed by atoms with Crippen molar-refractivity contribution in [3.8, 4) is 0 Å². The molecule has 6 heteroatoms. The van der Waals surface area contributed by atoms with E-state index in [1.807, 2.05) is 24.3 Å². The normalized spacial score (nSPS) is 40.2. The van der Waals surface area contributed by atoms with Gasteiger partial charge in [-0.25, -0.2) is 0 Å². The van der Waals surface area contributed by atoms with Crippen molar-refractivity contribution < 1.29 is 9.59 Å². The van der Waals surface area contributed by atoms with Gasteiger partial charge in [-0.05, 0) is 11.1 Å².